The van der Waals surface area contributed by atoms with Gasteiger partial charge in [0.15, 0.2) is 34.2 Å². The molecule has 1 aromatic heterocycles. The molecule has 3 saturated carbocycles. The number of para-hydroxylation sites is 1. The number of rotatable bonds is 17. The number of amides is 3. The predicted octanol–water partition coefficient (Wildman–Crippen LogP) is 6.89. The van der Waals surface area contributed by atoms with Crippen LogP contribution in [-0.2, 0) is 90.4 Å². The van der Waals surface area contributed by atoms with E-state index in [9.17, 15) is 109 Å². The Bertz CT molecular complexity index is 6190. The van der Waals surface area contributed by atoms with E-state index in [2.05, 4.69) is 29.5 Å². The number of benzene rings is 6. The zero-order chi connectivity index (χ0) is 94.1. The Hall–Kier alpha value is -13.1. The first kappa shape index (κ1) is 92.1. The highest BCUT2D eigenvalue weighted by Crippen LogP contribution is 2.59. The number of primary amides is 3. The molecule has 2 unspecified atom stereocenters. The molecular weight excluding hydrogens is 1660 g/mol. The molecule has 0 bridgehead atoms. The number of phenols is 3. The standard InChI is InChI=1S/C34H35N3O7.C32H35N3O9.C31H35N3O7/c1-33(2,3)21-13-18(17-10-15-8-6-7-9-22(15)36-14-17)19-11-16-12-20-26(37(4)5)29(40)25(32(35)43)31(42)34(20,44)30(41)23(16)28(39)24(19)27(21)38;1-4-44-22(37)14-34-13-15-5-7-16(8-6-15)18-9-10-21(36)24-19(18)11-17-12-20-26(35(2)3)28(39)25(31(33)42)30(41)32(20,43)29(40)23(17)27(24)38;1-14(2)33-13-15-5-7-16(8-6-15)18-9-10-21(35)23-19(18)11-17-12-20-25(34(3)4)27(37)24(30(32)40)29(39)31(20,41)28(38)22(17)26(23)36/h6-10,13-14,16,20,26,38-39,42,44H,11-12H2,1-5H3,(H2,35,43);5-10,17,20,26,34,36,38,41,43H,4,11-14H2,1-3H3,(H2,33,42);5-10,14,17,20,25,33,35-36,39,41H,11-13H2,1-4H3,(H2,32,40)/t16-,20-,26-,34-;17-,20-,26?,32-;17-,20-,25?,31-/m000/s1. The summed E-state index contributed by atoms with van der Waals surface area (Å²) in [5, 5.41) is 144. The first-order chi connectivity index (χ1) is 60.7. The summed E-state index contributed by atoms with van der Waals surface area (Å²) in [5.41, 5.74) is 14.4. The molecule has 3 amide bonds. The summed E-state index contributed by atoms with van der Waals surface area (Å²) in [6.07, 6.45) is 2.40. The molecule has 3 fully saturated rings. The number of likely N-dealkylation sites (N-methyl/N-ethyl adjacent to an activating group) is 3. The summed E-state index contributed by atoms with van der Waals surface area (Å²) < 4.78 is 4.92. The number of carbonyl (C=O) groups is 10. The van der Waals surface area contributed by atoms with Crippen molar-refractivity contribution in [3.8, 4) is 50.6 Å². The quantitative estimate of drug-likeness (QED) is 0.0326. The Morgan fingerprint density at radius 3 is 1.23 bits per heavy atom. The number of fused-ring (bicyclic) bond motifs is 10. The molecule has 1 heterocycles. The van der Waals surface area contributed by atoms with Crippen LogP contribution in [0.2, 0.25) is 0 Å². The third kappa shape index (κ3) is 15.2. The zero-order valence-electron chi connectivity index (χ0n) is 73.2. The number of esters is 1. The number of aliphatic hydroxyl groups excluding tert-OH is 6. The Morgan fingerprint density at radius 1 is 0.496 bits per heavy atom. The lowest BCUT2D eigenvalue weighted by Gasteiger charge is -2.50. The molecule has 0 aliphatic heterocycles. The van der Waals surface area contributed by atoms with Crippen molar-refractivity contribution in [2.75, 3.05) is 55.4 Å². The van der Waals surface area contributed by atoms with Gasteiger partial charge in [0.05, 0.1) is 53.5 Å². The number of nitrogens with one attached hydrogen (secondary N) is 2. The molecule has 6 aromatic carbocycles. The van der Waals surface area contributed by atoms with Gasteiger partial charge in [-0.1, -0.05) is 113 Å². The third-order valence-electron chi connectivity index (χ3n) is 26.8. The molecule has 129 heavy (non-hydrogen) atoms. The highest BCUT2D eigenvalue weighted by molar-refractivity contribution is 6.27. The van der Waals surface area contributed by atoms with E-state index in [0.29, 0.717) is 53.6 Å². The SMILES string of the molecule is CC(C)NCc1ccc(-c2ccc(O)c3c2C[C@H]2C[C@H]4C(N(C)C)C(=O)C(C(N)=O)=C(O)[C@@]4(O)C(=O)C2=C3O)cc1.CCOC(=O)CNCc1ccc(-c2ccc(O)c3c2C[C@H]2C[C@H]4C(N(C)C)C(=O)C(C(N)=O)=C(O)[C@@]4(O)C(=O)C2=C3O)cc1.CN(C)[C@@H]1C(=O)C(C(N)=O)=C(O)[C@@]2(O)C(=O)C3=C(O)c4c(O)c(C(C)(C)C)cc(-c5cnc6ccccc6c5)c4C[C@H]3C[C@@H]12. The van der Waals surface area contributed by atoms with Gasteiger partial charge < -0.3 is 93.8 Å². The van der Waals surface area contributed by atoms with Crippen molar-refractivity contribution in [1.29, 1.82) is 0 Å². The fourth-order valence-corrected chi connectivity index (χ4v) is 20.8. The number of ether oxygens (including phenoxy) is 1. The molecule has 7 aromatic rings. The molecule has 32 heteroatoms. The fourth-order valence-electron chi connectivity index (χ4n) is 20.8. The van der Waals surface area contributed by atoms with E-state index < -0.39 is 180 Å². The number of Topliss-reactive ketones (excluding diaryl/α,β-unsaturated/α-hetero) is 6. The van der Waals surface area contributed by atoms with Crippen LogP contribution < -0.4 is 27.8 Å². The van der Waals surface area contributed by atoms with Gasteiger partial charge in [0.2, 0.25) is 17.3 Å². The van der Waals surface area contributed by atoms with E-state index in [-0.39, 0.29) is 102 Å². The van der Waals surface area contributed by atoms with Gasteiger partial charge in [-0.25, -0.2) is 0 Å². The molecule has 676 valence electrons. The normalized spacial score (nSPS) is 25.2. The summed E-state index contributed by atoms with van der Waals surface area (Å²) in [4.78, 5) is 139. The number of aliphatic hydroxyl groups is 9. The summed E-state index contributed by atoms with van der Waals surface area (Å²) in [6.45, 7) is 13.1. The van der Waals surface area contributed by atoms with E-state index in [0.717, 1.165) is 49.8 Å². The minimum absolute atomic E-state index is 0.00588. The van der Waals surface area contributed by atoms with Crippen molar-refractivity contribution in [2.45, 2.75) is 140 Å². The Morgan fingerprint density at radius 2 is 0.868 bits per heavy atom. The molecule has 0 spiro atoms. The molecule has 12 atom stereocenters. The predicted molar refractivity (Wildman–Crippen MR) is 473 cm³/mol. The Kier molecular flexibility index (Phi) is 24.4. The molecule has 0 saturated heterocycles. The number of hydrogen-bond acceptors (Lipinski definition) is 29. The van der Waals surface area contributed by atoms with Crippen molar-refractivity contribution in [1.82, 2.24) is 30.3 Å². The average molecular weight is 1760 g/mol. The highest BCUT2D eigenvalue weighted by Gasteiger charge is 2.68. The summed E-state index contributed by atoms with van der Waals surface area (Å²) in [5.74, 6) is -20.6. The maximum absolute atomic E-state index is 14.2. The van der Waals surface area contributed by atoms with Crippen LogP contribution in [0.3, 0.4) is 0 Å². The monoisotopic (exact) mass is 1760 g/mol. The lowest BCUT2D eigenvalue weighted by Crippen LogP contribution is -2.65. The molecule has 9 aliphatic rings. The first-order valence-corrected chi connectivity index (χ1v) is 42.4. The lowest BCUT2D eigenvalue weighted by atomic mass is 9.57. The summed E-state index contributed by atoms with van der Waals surface area (Å²) in [7, 11) is 9.40. The van der Waals surface area contributed by atoms with E-state index >= 15 is 0 Å². The largest absolute Gasteiger partial charge is 0.508 e. The number of aromatic hydroxyl groups is 3. The van der Waals surface area contributed by atoms with Crippen molar-refractivity contribution in [2.24, 2.45) is 52.7 Å². The van der Waals surface area contributed by atoms with Crippen LogP contribution in [0.4, 0.5) is 0 Å². The van der Waals surface area contributed by atoms with E-state index in [1.54, 1.807) is 67.5 Å². The second kappa shape index (κ2) is 34.2. The van der Waals surface area contributed by atoms with Gasteiger partial charge >= 0.3 is 5.97 Å². The number of hydrogen-bond donors (Lipinski definition) is 17. The van der Waals surface area contributed by atoms with Gasteiger partial charge in [-0.3, -0.25) is 67.6 Å². The first-order valence-electron chi connectivity index (χ1n) is 42.4. The van der Waals surface area contributed by atoms with Crippen LogP contribution in [0.1, 0.15) is 111 Å². The van der Waals surface area contributed by atoms with Crippen LogP contribution in [0.15, 0.2) is 166 Å². The second-order valence-corrected chi connectivity index (χ2v) is 36.5. The number of carbonyl (C=O) groups excluding carboxylic acids is 10. The van der Waals surface area contributed by atoms with Gasteiger partial charge in [-0.15, -0.1) is 0 Å². The van der Waals surface area contributed by atoms with Gasteiger partial charge in [-0.2, -0.15) is 0 Å². The van der Waals surface area contributed by atoms with E-state index in [1.807, 2.05) is 106 Å². The highest BCUT2D eigenvalue weighted by atomic mass is 16.5. The number of nitrogens with zero attached hydrogens (tertiary/aromatic N) is 4. The van der Waals surface area contributed by atoms with Gasteiger partial charge in [0.1, 0.15) is 68.5 Å². The lowest BCUT2D eigenvalue weighted by molar-refractivity contribution is -0.155. The molecule has 32 nitrogen and oxygen atoms in total. The number of pyridine rings is 1. The summed E-state index contributed by atoms with van der Waals surface area (Å²) in [6, 6.07) is 30.2. The molecule has 9 aliphatic carbocycles. The third-order valence-corrected chi connectivity index (χ3v) is 26.8. The molecular formula is C97H105N9O23. The van der Waals surface area contributed by atoms with Gasteiger partial charge in [-0.05, 0) is 197 Å². The van der Waals surface area contributed by atoms with E-state index in [4.69, 9.17) is 21.9 Å². The molecule has 20 N–H and O–H groups in total. The Labute approximate surface area is 741 Å². The van der Waals surface area contributed by atoms with Crippen LogP contribution in [0, 0.1) is 35.5 Å². The maximum Gasteiger partial charge on any atom is 0.319 e. The minimum Gasteiger partial charge on any atom is -0.508 e. The smallest absolute Gasteiger partial charge is 0.319 e. The van der Waals surface area contributed by atoms with Crippen LogP contribution in [0.5, 0.6) is 17.2 Å². The molecule has 16 rings (SSSR count). The van der Waals surface area contributed by atoms with Crippen molar-refractivity contribution < 1.29 is 114 Å². The van der Waals surface area contributed by atoms with Crippen molar-refractivity contribution in [3.63, 3.8) is 0 Å². The Balaban J connectivity index is 0.000000156. The van der Waals surface area contributed by atoms with Crippen LogP contribution in [0.25, 0.3) is 61.6 Å². The van der Waals surface area contributed by atoms with Gasteiger partial charge in [0.25, 0.3) is 17.7 Å². The number of aromatic nitrogens is 1. The van der Waals surface area contributed by atoms with E-state index in [1.165, 1.54) is 26.8 Å². The fraction of sp³-hybridized carbons (Fsp3) is 0.371. The number of phenolic OH excluding ortho intramolecular Hbond substituents is 3. The van der Waals surface area contributed by atoms with Crippen molar-refractivity contribution in [3.05, 3.63) is 216 Å². The molecule has 0 radical (unpaired) electrons. The minimum atomic E-state index is -2.69. The summed E-state index contributed by atoms with van der Waals surface area (Å²) >= 11 is 0. The van der Waals surface area contributed by atoms with Crippen LogP contribution >= 0.6 is 0 Å². The van der Waals surface area contributed by atoms with Gasteiger partial charge in [0, 0.05) is 76.3 Å². The topological polar surface area (TPSA) is 547 Å². The van der Waals surface area contributed by atoms with Crippen LogP contribution in [-0.4, -0.2) is 236 Å². The average Bonchev–Trinajstić information content (AvgIpc) is 0.701. The van der Waals surface area contributed by atoms with Crippen molar-refractivity contribution >= 4 is 86.6 Å². The number of nitrogens with two attached hydrogens (primary N) is 3. The number of ketones is 6. The maximum atomic E-state index is 14.2. The zero-order valence-corrected chi connectivity index (χ0v) is 73.2. The second-order valence-electron chi connectivity index (χ2n) is 36.5.